The van der Waals surface area contributed by atoms with Crippen LogP contribution in [0.5, 0.6) is 0 Å². The molecule has 0 amide bonds. The molecule has 2 fully saturated rings. The number of ketones is 1. The molecule has 13 heavy (non-hydrogen) atoms. The highest BCUT2D eigenvalue weighted by molar-refractivity contribution is 5.86. The Kier molecular flexibility index (Phi) is 2.41. The number of hydrogen-bond acceptors (Lipinski definition) is 2. The van der Waals surface area contributed by atoms with E-state index >= 15 is 0 Å². The van der Waals surface area contributed by atoms with Crippen molar-refractivity contribution in [2.45, 2.75) is 51.0 Å². The third-order valence-corrected chi connectivity index (χ3v) is 3.82. The van der Waals surface area contributed by atoms with Crippen LogP contribution < -0.4 is 0 Å². The van der Waals surface area contributed by atoms with E-state index in [0.29, 0.717) is 5.78 Å². The number of hydrogen-bond donors (Lipinski definition) is 0. The highest BCUT2D eigenvalue weighted by Gasteiger charge is 2.49. The largest absolute Gasteiger partial charge is 0.380 e. The molecule has 1 spiro atoms. The fourth-order valence-corrected chi connectivity index (χ4v) is 3.10. The fourth-order valence-electron chi connectivity index (χ4n) is 3.10. The van der Waals surface area contributed by atoms with Crippen LogP contribution in [0.2, 0.25) is 0 Å². The first-order valence-corrected chi connectivity index (χ1v) is 5.36. The lowest BCUT2D eigenvalue weighted by molar-refractivity contribution is -0.138. The first kappa shape index (κ1) is 9.20. The molecule has 0 bridgehead atoms. The smallest absolute Gasteiger partial charge is 0.141 e. The minimum absolute atomic E-state index is 0.0625. The van der Waals surface area contributed by atoms with Crippen molar-refractivity contribution in [3.05, 3.63) is 0 Å². The predicted molar refractivity (Wildman–Crippen MR) is 50.6 cm³/mol. The van der Waals surface area contributed by atoms with Gasteiger partial charge >= 0.3 is 0 Å². The van der Waals surface area contributed by atoms with Crippen LogP contribution in [0.1, 0.15) is 44.9 Å². The molecule has 0 radical (unpaired) electrons. The SMILES string of the molecule is COC1CCCC12CCCCC2=O. The van der Waals surface area contributed by atoms with E-state index in [4.69, 9.17) is 4.74 Å². The average molecular weight is 182 g/mol. The summed E-state index contributed by atoms with van der Waals surface area (Å²) < 4.78 is 5.45. The second-order valence-corrected chi connectivity index (χ2v) is 4.40. The maximum Gasteiger partial charge on any atom is 0.141 e. The minimum Gasteiger partial charge on any atom is -0.380 e. The van der Waals surface area contributed by atoms with Crippen LogP contribution in [0.25, 0.3) is 0 Å². The third kappa shape index (κ3) is 1.32. The zero-order valence-corrected chi connectivity index (χ0v) is 8.34. The molecule has 0 aromatic rings. The number of rotatable bonds is 1. The Morgan fingerprint density at radius 2 is 2.08 bits per heavy atom. The fraction of sp³-hybridized carbons (Fsp3) is 0.909. The first-order chi connectivity index (χ1) is 6.29. The van der Waals surface area contributed by atoms with Gasteiger partial charge in [0, 0.05) is 13.5 Å². The maximum absolute atomic E-state index is 11.9. The molecule has 2 unspecified atom stereocenters. The van der Waals surface area contributed by atoms with E-state index in [1.54, 1.807) is 7.11 Å². The number of methoxy groups -OCH3 is 1. The van der Waals surface area contributed by atoms with E-state index in [2.05, 4.69) is 0 Å². The van der Waals surface area contributed by atoms with Crippen LogP contribution >= 0.6 is 0 Å². The van der Waals surface area contributed by atoms with Gasteiger partial charge in [-0.2, -0.15) is 0 Å². The van der Waals surface area contributed by atoms with Crippen LogP contribution in [0, 0.1) is 5.41 Å². The van der Waals surface area contributed by atoms with E-state index in [0.717, 1.165) is 32.1 Å². The summed E-state index contributed by atoms with van der Waals surface area (Å²) >= 11 is 0. The monoisotopic (exact) mass is 182 g/mol. The molecule has 2 nitrogen and oxygen atoms in total. The van der Waals surface area contributed by atoms with Gasteiger partial charge in [-0.1, -0.05) is 6.42 Å². The highest BCUT2D eigenvalue weighted by atomic mass is 16.5. The zero-order chi connectivity index (χ0) is 9.31. The van der Waals surface area contributed by atoms with E-state index in [-0.39, 0.29) is 11.5 Å². The number of Topliss-reactive ketones (excluding diaryl/α,β-unsaturated/α-hetero) is 1. The first-order valence-electron chi connectivity index (χ1n) is 5.36. The molecule has 2 aliphatic rings. The summed E-state index contributed by atoms with van der Waals surface area (Å²) in [6, 6.07) is 0. The molecule has 0 heterocycles. The molecule has 0 aliphatic heterocycles. The maximum atomic E-state index is 11.9. The van der Waals surface area contributed by atoms with Gasteiger partial charge in [-0.25, -0.2) is 0 Å². The summed E-state index contributed by atoms with van der Waals surface area (Å²) in [6.07, 6.45) is 7.73. The Labute approximate surface area is 79.7 Å². The van der Waals surface area contributed by atoms with Gasteiger partial charge in [-0.15, -0.1) is 0 Å². The van der Waals surface area contributed by atoms with Crippen molar-refractivity contribution in [2.75, 3.05) is 7.11 Å². The lowest BCUT2D eigenvalue weighted by atomic mass is 9.70. The van der Waals surface area contributed by atoms with Crippen LogP contribution in [0.4, 0.5) is 0 Å². The molecule has 0 saturated heterocycles. The summed E-state index contributed by atoms with van der Waals surface area (Å²) in [5, 5.41) is 0. The summed E-state index contributed by atoms with van der Waals surface area (Å²) in [5.41, 5.74) is -0.0625. The molecule has 2 rings (SSSR count). The van der Waals surface area contributed by atoms with Gasteiger partial charge in [0.2, 0.25) is 0 Å². The van der Waals surface area contributed by atoms with Gasteiger partial charge in [0.05, 0.1) is 11.5 Å². The Morgan fingerprint density at radius 1 is 1.31 bits per heavy atom. The van der Waals surface area contributed by atoms with Crippen molar-refractivity contribution in [1.82, 2.24) is 0 Å². The number of carbonyl (C=O) groups excluding carboxylic acids is 1. The lowest BCUT2D eigenvalue weighted by Crippen LogP contribution is -2.41. The molecule has 74 valence electrons. The topological polar surface area (TPSA) is 26.3 Å². The predicted octanol–water partition coefficient (Wildman–Crippen LogP) is 2.31. The van der Waals surface area contributed by atoms with Crippen molar-refractivity contribution in [3.8, 4) is 0 Å². The Balaban J connectivity index is 2.20. The summed E-state index contributed by atoms with van der Waals surface area (Å²) in [7, 11) is 1.75. The molecule has 0 N–H and O–H groups in total. The molecule has 2 saturated carbocycles. The van der Waals surface area contributed by atoms with Crippen molar-refractivity contribution < 1.29 is 9.53 Å². The van der Waals surface area contributed by atoms with E-state index in [1.807, 2.05) is 0 Å². The van der Waals surface area contributed by atoms with E-state index in [1.165, 1.54) is 12.8 Å². The Bertz CT molecular complexity index is 212. The summed E-state index contributed by atoms with van der Waals surface area (Å²) in [6.45, 7) is 0. The van der Waals surface area contributed by atoms with Gasteiger partial charge in [-0.05, 0) is 32.1 Å². The van der Waals surface area contributed by atoms with E-state index in [9.17, 15) is 4.79 Å². The Hall–Kier alpha value is -0.370. The lowest BCUT2D eigenvalue weighted by Gasteiger charge is -2.36. The second-order valence-electron chi connectivity index (χ2n) is 4.40. The molecule has 2 heteroatoms. The number of ether oxygens (including phenoxy) is 1. The van der Waals surface area contributed by atoms with Gasteiger partial charge < -0.3 is 4.74 Å². The highest BCUT2D eigenvalue weighted by Crippen LogP contribution is 2.47. The van der Waals surface area contributed by atoms with Crippen molar-refractivity contribution in [2.24, 2.45) is 5.41 Å². The van der Waals surface area contributed by atoms with Gasteiger partial charge in [0.25, 0.3) is 0 Å². The third-order valence-electron chi connectivity index (χ3n) is 3.82. The van der Waals surface area contributed by atoms with Crippen molar-refractivity contribution in [3.63, 3.8) is 0 Å². The second kappa shape index (κ2) is 3.41. The quantitative estimate of drug-likeness (QED) is 0.622. The van der Waals surface area contributed by atoms with Crippen molar-refractivity contribution in [1.29, 1.82) is 0 Å². The molecular formula is C11H18O2. The molecule has 2 atom stereocenters. The minimum atomic E-state index is -0.0625. The normalized spacial score (nSPS) is 40.1. The molecule has 2 aliphatic carbocycles. The van der Waals surface area contributed by atoms with Crippen molar-refractivity contribution >= 4 is 5.78 Å². The van der Waals surface area contributed by atoms with Gasteiger partial charge in [0.15, 0.2) is 0 Å². The molecule has 0 aromatic heterocycles. The summed E-state index contributed by atoms with van der Waals surface area (Å²) in [5.74, 6) is 0.475. The van der Waals surface area contributed by atoms with Crippen LogP contribution in [-0.2, 0) is 9.53 Å². The Morgan fingerprint density at radius 3 is 2.77 bits per heavy atom. The van der Waals surface area contributed by atoms with Gasteiger partial charge in [0.1, 0.15) is 5.78 Å². The average Bonchev–Trinajstić information content (AvgIpc) is 2.55. The van der Waals surface area contributed by atoms with Gasteiger partial charge in [-0.3, -0.25) is 4.79 Å². The van der Waals surface area contributed by atoms with Crippen LogP contribution in [-0.4, -0.2) is 19.0 Å². The molecule has 0 aromatic carbocycles. The van der Waals surface area contributed by atoms with Crippen LogP contribution in [0.15, 0.2) is 0 Å². The molecular weight excluding hydrogens is 164 g/mol. The zero-order valence-electron chi connectivity index (χ0n) is 8.34. The summed E-state index contributed by atoms with van der Waals surface area (Å²) in [4.78, 5) is 11.9. The number of carbonyl (C=O) groups is 1. The van der Waals surface area contributed by atoms with E-state index < -0.39 is 0 Å². The van der Waals surface area contributed by atoms with Crippen LogP contribution in [0.3, 0.4) is 0 Å². The standard InChI is InChI=1S/C11H18O2/c1-13-10-6-4-8-11(10)7-3-2-5-9(11)12/h10H,2-8H2,1H3.